The van der Waals surface area contributed by atoms with Crippen molar-refractivity contribution in [3.8, 4) is 11.3 Å². The van der Waals surface area contributed by atoms with Crippen molar-refractivity contribution in [2.45, 2.75) is 75.2 Å². The van der Waals surface area contributed by atoms with E-state index in [0.717, 1.165) is 40.6 Å². The third kappa shape index (κ3) is 7.41. The van der Waals surface area contributed by atoms with Crippen molar-refractivity contribution in [1.82, 2.24) is 9.97 Å². The topological polar surface area (TPSA) is 63.1 Å². The number of allylic oxidation sites excluding steroid dienone is 2. The minimum absolute atomic E-state index is 0. The van der Waals surface area contributed by atoms with Crippen LogP contribution < -0.4 is 0 Å². The molecule has 5 heteroatoms. The minimum Gasteiger partial charge on any atom is -0.512 e. The summed E-state index contributed by atoms with van der Waals surface area (Å²) < 4.78 is 0. The van der Waals surface area contributed by atoms with Gasteiger partial charge in [-0.15, -0.1) is 34.9 Å². The Morgan fingerprint density at radius 1 is 0.949 bits per heavy atom. The second-order valence-corrected chi connectivity index (χ2v) is 11.5. The van der Waals surface area contributed by atoms with Gasteiger partial charge >= 0.3 is 0 Å². The van der Waals surface area contributed by atoms with Crippen LogP contribution in [0.4, 0.5) is 0 Å². The number of benzene rings is 3. The summed E-state index contributed by atoms with van der Waals surface area (Å²) in [4.78, 5) is 21.0. The fourth-order valence-electron chi connectivity index (χ4n) is 4.19. The van der Waals surface area contributed by atoms with Crippen LogP contribution in [-0.2, 0) is 24.9 Å². The van der Waals surface area contributed by atoms with Crippen LogP contribution in [0.2, 0.25) is 0 Å². The van der Waals surface area contributed by atoms with Crippen molar-refractivity contribution in [3.63, 3.8) is 0 Å². The molecule has 0 saturated heterocycles. The Bertz CT molecular complexity index is 1480. The van der Waals surface area contributed by atoms with Gasteiger partial charge in [-0.25, -0.2) is 4.98 Å². The van der Waals surface area contributed by atoms with Gasteiger partial charge in [-0.1, -0.05) is 85.7 Å². The SMILES string of the molecule is CCC(C)(C)C(=O)/C=C(\O)C(C)(C)CC.Cc1[c-]c(-c2ncnc3c2ccc2cccc(C)c23)cc(C)c1.[Ir]. The first-order chi connectivity index (χ1) is 17.8. The van der Waals surface area contributed by atoms with Crippen LogP contribution in [0.1, 0.15) is 71.1 Å². The zero-order valence-corrected chi connectivity index (χ0v) is 27.1. The molecular formula is C34H41IrN2O2-. The average Bonchev–Trinajstić information content (AvgIpc) is 2.87. The molecule has 0 unspecified atom stereocenters. The Morgan fingerprint density at radius 2 is 1.62 bits per heavy atom. The molecule has 0 bridgehead atoms. The Morgan fingerprint density at radius 3 is 2.23 bits per heavy atom. The van der Waals surface area contributed by atoms with Crippen molar-refractivity contribution in [2.24, 2.45) is 10.8 Å². The number of fused-ring (bicyclic) bond motifs is 3. The number of ketones is 1. The first-order valence-electron chi connectivity index (χ1n) is 13.4. The van der Waals surface area contributed by atoms with E-state index < -0.39 is 0 Å². The van der Waals surface area contributed by atoms with E-state index in [-0.39, 0.29) is 42.5 Å². The quantitative estimate of drug-likeness (QED) is 0.0944. The molecule has 0 saturated carbocycles. The number of hydrogen-bond acceptors (Lipinski definition) is 4. The summed E-state index contributed by atoms with van der Waals surface area (Å²) in [7, 11) is 0. The largest absolute Gasteiger partial charge is 0.512 e. The first kappa shape index (κ1) is 32.3. The molecule has 3 aromatic carbocycles. The summed E-state index contributed by atoms with van der Waals surface area (Å²) in [6, 6.07) is 18.3. The second-order valence-electron chi connectivity index (χ2n) is 11.5. The van der Waals surface area contributed by atoms with E-state index in [0.29, 0.717) is 0 Å². The fraction of sp³-hybridized carbons (Fsp3) is 0.382. The van der Waals surface area contributed by atoms with Crippen LogP contribution in [0.3, 0.4) is 0 Å². The normalized spacial score (nSPS) is 12.1. The number of aliphatic hydroxyl groups is 1. The maximum Gasteiger partial charge on any atom is 0.164 e. The van der Waals surface area contributed by atoms with E-state index in [1.165, 1.54) is 28.0 Å². The summed E-state index contributed by atoms with van der Waals surface area (Å²) >= 11 is 0. The van der Waals surface area contributed by atoms with Crippen molar-refractivity contribution < 1.29 is 30.0 Å². The maximum absolute atomic E-state index is 11.8. The number of aromatic nitrogens is 2. The number of hydrogen-bond donors (Lipinski definition) is 1. The Balaban J connectivity index is 0.000000294. The molecule has 1 N–H and O–H groups in total. The van der Waals surface area contributed by atoms with Gasteiger partial charge in [0.05, 0.1) is 5.52 Å². The summed E-state index contributed by atoms with van der Waals surface area (Å²) in [6.45, 7) is 18.0. The van der Waals surface area contributed by atoms with Crippen LogP contribution >= 0.6 is 0 Å². The molecule has 4 rings (SSSR count). The predicted octanol–water partition coefficient (Wildman–Crippen LogP) is 9.04. The zero-order chi connectivity index (χ0) is 28.3. The Labute approximate surface area is 247 Å². The number of rotatable bonds is 6. The van der Waals surface area contributed by atoms with Gasteiger partial charge in [0.1, 0.15) is 12.1 Å². The van der Waals surface area contributed by atoms with Crippen LogP contribution in [-0.4, -0.2) is 20.9 Å². The molecule has 0 spiro atoms. The monoisotopic (exact) mass is 702 g/mol. The summed E-state index contributed by atoms with van der Waals surface area (Å²) in [6.07, 6.45) is 4.65. The molecule has 0 aliphatic rings. The molecule has 0 atom stereocenters. The molecule has 39 heavy (non-hydrogen) atoms. The molecule has 0 aliphatic carbocycles. The van der Waals surface area contributed by atoms with Crippen LogP contribution in [0.5, 0.6) is 0 Å². The third-order valence-electron chi connectivity index (χ3n) is 7.65. The van der Waals surface area contributed by atoms with E-state index in [1.54, 1.807) is 6.33 Å². The van der Waals surface area contributed by atoms with E-state index in [4.69, 9.17) is 0 Å². The smallest absolute Gasteiger partial charge is 0.164 e. The standard InChI is InChI=1S/C21H17N2.C13H24O2.Ir/c1-13-9-14(2)11-17(10-13)20-18-8-7-16-6-4-5-15(3)19(16)21(18)23-12-22-20;1-7-12(3,4)10(14)9-11(15)13(5,6)8-2;/h4-10,12H,1-3H3;9,14H,7-8H2,1-6H3;/q-1;;/b;10-9-;. The second kappa shape index (κ2) is 13.0. The fourth-order valence-corrected chi connectivity index (χ4v) is 4.19. The summed E-state index contributed by atoms with van der Waals surface area (Å²) in [5, 5.41) is 13.3. The third-order valence-corrected chi connectivity index (χ3v) is 7.65. The van der Waals surface area contributed by atoms with Gasteiger partial charge < -0.3 is 5.11 Å². The predicted molar refractivity (Wildman–Crippen MR) is 159 cm³/mol. The first-order valence-corrected chi connectivity index (χ1v) is 13.4. The number of carbonyl (C=O) groups excluding carboxylic acids is 1. The van der Waals surface area contributed by atoms with Gasteiger partial charge in [-0.3, -0.25) is 9.78 Å². The van der Waals surface area contributed by atoms with Crippen molar-refractivity contribution in [3.05, 3.63) is 83.4 Å². The molecular weight excluding hydrogens is 661 g/mol. The van der Waals surface area contributed by atoms with Gasteiger partial charge in [0, 0.05) is 42.4 Å². The number of aryl methyl sites for hydroxylation is 3. The van der Waals surface area contributed by atoms with E-state index in [2.05, 4.69) is 79.3 Å². The number of carbonyl (C=O) groups is 1. The van der Waals surface area contributed by atoms with Crippen molar-refractivity contribution in [1.29, 1.82) is 0 Å². The van der Waals surface area contributed by atoms with Crippen LogP contribution in [0.25, 0.3) is 32.9 Å². The van der Waals surface area contributed by atoms with E-state index in [9.17, 15) is 9.90 Å². The summed E-state index contributed by atoms with van der Waals surface area (Å²) in [5.74, 6) is 0.195. The number of nitrogens with zero attached hydrogens (tertiary/aromatic N) is 2. The van der Waals surface area contributed by atoms with Crippen molar-refractivity contribution >= 4 is 27.5 Å². The minimum atomic E-state index is -0.377. The van der Waals surface area contributed by atoms with Gasteiger partial charge in [-0.05, 0) is 41.8 Å². The molecule has 1 aromatic heterocycles. The van der Waals surface area contributed by atoms with E-state index >= 15 is 0 Å². The van der Waals surface area contributed by atoms with Gasteiger partial charge in [0.15, 0.2) is 5.78 Å². The van der Waals surface area contributed by atoms with Gasteiger partial charge in [0.2, 0.25) is 0 Å². The van der Waals surface area contributed by atoms with Gasteiger partial charge in [-0.2, -0.15) is 0 Å². The molecule has 209 valence electrons. The van der Waals surface area contributed by atoms with Crippen LogP contribution in [0, 0.1) is 37.7 Å². The molecule has 4 aromatic rings. The molecule has 0 aliphatic heterocycles. The molecule has 4 nitrogen and oxygen atoms in total. The van der Waals surface area contributed by atoms with Crippen LogP contribution in [0.15, 0.2) is 60.6 Å². The Kier molecular flexibility index (Phi) is 10.8. The zero-order valence-electron chi connectivity index (χ0n) is 24.7. The molecule has 1 heterocycles. The van der Waals surface area contributed by atoms with Crippen molar-refractivity contribution in [2.75, 3.05) is 0 Å². The Hall–Kier alpha value is -2.88. The summed E-state index contributed by atoms with van der Waals surface area (Å²) in [5.41, 5.74) is 5.90. The molecule has 0 amide bonds. The molecule has 0 fully saturated rings. The molecule has 1 radical (unpaired) electrons. The average molecular weight is 702 g/mol. The van der Waals surface area contributed by atoms with E-state index in [1.807, 2.05) is 41.5 Å². The number of aliphatic hydroxyl groups excluding tert-OH is 1. The maximum atomic E-state index is 11.8. The van der Waals surface area contributed by atoms with Gasteiger partial charge in [0.25, 0.3) is 0 Å².